The van der Waals surface area contributed by atoms with Crippen LogP contribution in [0.25, 0.3) is 33.6 Å². The number of aryl methyl sites for hydroxylation is 1. The molecule has 2 aromatic heterocycles. The Morgan fingerprint density at radius 2 is 1.58 bits per heavy atom. The standard InChI is InChI=1S/C30H28N2O5S/c1-6-36-22-12-14-26-24(15-22)25(17-27(37-26)19-7-9-20(33-3)10-8-19)31-30-32-29(18(2)38-30)23-13-11-21(34-4)16-28(23)35-5/h7-17H,6H2,1-5H3. The van der Waals surface area contributed by atoms with Crippen LogP contribution in [-0.2, 0) is 0 Å². The second-order valence-electron chi connectivity index (χ2n) is 8.39. The average Bonchev–Trinajstić information content (AvgIpc) is 3.32. The second kappa shape index (κ2) is 11.0. The maximum atomic E-state index is 6.28. The van der Waals surface area contributed by atoms with Crippen LogP contribution < -0.4 is 24.3 Å². The van der Waals surface area contributed by atoms with Crippen molar-refractivity contribution < 1.29 is 23.4 Å². The molecule has 0 saturated heterocycles. The zero-order valence-electron chi connectivity index (χ0n) is 21.9. The molecule has 5 aromatic rings. The molecule has 0 radical (unpaired) electrons. The van der Waals surface area contributed by atoms with Gasteiger partial charge < -0.3 is 23.4 Å². The normalized spacial score (nSPS) is 11.6. The van der Waals surface area contributed by atoms with Gasteiger partial charge in [-0.1, -0.05) is 11.3 Å². The molecular formula is C30H28N2O5S. The van der Waals surface area contributed by atoms with Crippen LogP contribution in [0.2, 0.25) is 0 Å². The van der Waals surface area contributed by atoms with Crippen LogP contribution in [0.3, 0.4) is 0 Å². The highest BCUT2D eigenvalue weighted by Crippen LogP contribution is 2.38. The van der Waals surface area contributed by atoms with Gasteiger partial charge in [0.2, 0.25) is 5.13 Å². The first-order valence-electron chi connectivity index (χ1n) is 12.1. The maximum absolute atomic E-state index is 6.28. The molecule has 8 heteroatoms. The molecule has 7 nitrogen and oxygen atoms in total. The molecule has 0 bridgehead atoms. The minimum absolute atomic E-state index is 0.567. The third kappa shape index (κ3) is 5.08. The largest absolute Gasteiger partial charge is 0.497 e. The van der Waals surface area contributed by atoms with Crippen LogP contribution in [0, 0.1) is 6.92 Å². The highest BCUT2D eigenvalue weighted by atomic mass is 32.1. The third-order valence-corrected chi connectivity index (χ3v) is 6.93. The predicted octanol–water partition coefficient (Wildman–Crippen LogP) is 7.19. The van der Waals surface area contributed by atoms with Gasteiger partial charge in [0, 0.05) is 33.5 Å². The Kier molecular flexibility index (Phi) is 7.33. The molecule has 0 saturated carbocycles. The van der Waals surface area contributed by atoms with Crippen LogP contribution in [0.5, 0.6) is 23.0 Å². The smallest absolute Gasteiger partial charge is 0.210 e. The van der Waals surface area contributed by atoms with Crippen molar-refractivity contribution in [3.05, 3.63) is 77.0 Å². The topological polar surface area (TPSA) is 75.3 Å². The number of nitrogens with zero attached hydrogens (tertiary/aromatic N) is 2. The maximum Gasteiger partial charge on any atom is 0.210 e. The van der Waals surface area contributed by atoms with Gasteiger partial charge in [-0.3, -0.25) is 0 Å². The van der Waals surface area contributed by atoms with Crippen LogP contribution in [0.1, 0.15) is 11.8 Å². The van der Waals surface area contributed by atoms with Crippen LogP contribution >= 0.6 is 11.3 Å². The summed E-state index contributed by atoms with van der Waals surface area (Å²) in [7, 11) is 4.92. The van der Waals surface area contributed by atoms with E-state index >= 15 is 0 Å². The lowest BCUT2D eigenvalue weighted by Crippen LogP contribution is -2.04. The molecule has 0 aliphatic rings. The van der Waals surface area contributed by atoms with Crippen molar-refractivity contribution in [2.75, 3.05) is 27.9 Å². The van der Waals surface area contributed by atoms with Crippen molar-refractivity contribution in [3.8, 4) is 45.6 Å². The van der Waals surface area contributed by atoms with Crippen molar-refractivity contribution in [2.45, 2.75) is 13.8 Å². The summed E-state index contributed by atoms with van der Waals surface area (Å²) in [5.74, 6) is 3.63. The van der Waals surface area contributed by atoms with Gasteiger partial charge in [-0.25, -0.2) is 9.98 Å². The molecule has 0 fully saturated rings. The fourth-order valence-electron chi connectivity index (χ4n) is 4.17. The minimum atomic E-state index is 0.567. The summed E-state index contributed by atoms with van der Waals surface area (Å²) < 4.78 is 28.3. The Hall–Kier alpha value is -4.30. The zero-order chi connectivity index (χ0) is 26.6. The molecule has 0 aliphatic carbocycles. The highest BCUT2D eigenvalue weighted by molar-refractivity contribution is 7.15. The van der Waals surface area contributed by atoms with Crippen LogP contribution in [-0.4, -0.2) is 32.9 Å². The molecular weight excluding hydrogens is 500 g/mol. The fraction of sp³-hybridized carbons (Fsp3) is 0.200. The molecule has 194 valence electrons. The first kappa shape index (κ1) is 25.4. The summed E-state index contributed by atoms with van der Waals surface area (Å²) >= 11 is 1.52. The zero-order valence-corrected chi connectivity index (χ0v) is 22.7. The Balaban J connectivity index is 1.67. The van der Waals surface area contributed by atoms with Gasteiger partial charge >= 0.3 is 0 Å². The monoisotopic (exact) mass is 528 g/mol. The summed E-state index contributed by atoms with van der Waals surface area (Å²) in [6, 6.07) is 21.1. The number of ether oxygens (including phenoxy) is 4. The molecule has 0 spiro atoms. The number of thiazole rings is 1. The molecule has 5 rings (SSSR count). The van der Waals surface area contributed by atoms with E-state index in [2.05, 4.69) is 0 Å². The summed E-state index contributed by atoms with van der Waals surface area (Å²) in [5, 5.41) is 2.20. The van der Waals surface area contributed by atoms with Gasteiger partial charge in [0.05, 0.1) is 39.0 Å². The Morgan fingerprint density at radius 3 is 2.29 bits per heavy atom. The summed E-state index contributed by atoms with van der Waals surface area (Å²) in [6.45, 7) is 4.56. The number of fused-ring (bicyclic) bond motifs is 1. The van der Waals surface area contributed by atoms with Gasteiger partial charge in [-0.2, -0.15) is 0 Å². The van der Waals surface area contributed by atoms with Crippen molar-refractivity contribution in [1.29, 1.82) is 0 Å². The number of hydrogen-bond donors (Lipinski definition) is 0. The predicted molar refractivity (Wildman–Crippen MR) is 150 cm³/mol. The van der Waals surface area contributed by atoms with Crippen molar-refractivity contribution in [2.24, 2.45) is 4.99 Å². The van der Waals surface area contributed by atoms with E-state index in [0.29, 0.717) is 28.8 Å². The molecule has 0 aliphatic heterocycles. The highest BCUT2D eigenvalue weighted by Gasteiger charge is 2.16. The lowest BCUT2D eigenvalue weighted by molar-refractivity contribution is 0.340. The molecule has 3 aromatic carbocycles. The Bertz CT molecular complexity index is 1650. The van der Waals surface area contributed by atoms with Crippen molar-refractivity contribution in [3.63, 3.8) is 0 Å². The van der Waals surface area contributed by atoms with Gasteiger partial charge in [-0.05, 0) is 68.4 Å². The summed E-state index contributed by atoms with van der Waals surface area (Å²) in [4.78, 5) is 10.9. The number of rotatable bonds is 8. The van der Waals surface area contributed by atoms with Crippen molar-refractivity contribution >= 4 is 27.4 Å². The van der Waals surface area contributed by atoms with E-state index in [4.69, 9.17) is 33.3 Å². The van der Waals surface area contributed by atoms with Crippen LogP contribution in [0.15, 0.2) is 76.1 Å². The summed E-state index contributed by atoms with van der Waals surface area (Å²) in [6.07, 6.45) is 0. The average molecular weight is 529 g/mol. The van der Waals surface area contributed by atoms with E-state index in [1.165, 1.54) is 11.3 Å². The number of benzene rings is 3. The van der Waals surface area contributed by atoms with E-state index in [-0.39, 0.29) is 0 Å². The van der Waals surface area contributed by atoms with E-state index in [9.17, 15) is 0 Å². The van der Waals surface area contributed by atoms with Crippen molar-refractivity contribution in [1.82, 2.24) is 4.98 Å². The number of aromatic nitrogens is 1. The third-order valence-electron chi connectivity index (χ3n) is 6.07. The second-order valence-corrected chi connectivity index (χ2v) is 9.58. The van der Waals surface area contributed by atoms with E-state index in [0.717, 1.165) is 49.7 Å². The lowest BCUT2D eigenvalue weighted by atomic mass is 10.1. The molecule has 38 heavy (non-hydrogen) atoms. The first-order valence-corrected chi connectivity index (χ1v) is 12.9. The minimum Gasteiger partial charge on any atom is -0.497 e. The quantitative estimate of drug-likeness (QED) is 0.212. The first-order chi connectivity index (χ1) is 18.5. The Morgan fingerprint density at radius 1 is 0.842 bits per heavy atom. The molecule has 0 N–H and O–H groups in total. The number of hydrogen-bond acceptors (Lipinski definition) is 8. The molecule has 2 heterocycles. The lowest BCUT2D eigenvalue weighted by Gasteiger charge is -2.09. The number of methoxy groups -OCH3 is 3. The Labute approximate surface area is 224 Å². The van der Waals surface area contributed by atoms with Gasteiger partial charge in [-0.15, -0.1) is 0 Å². The van der Waals surface area contributed by atoms with Gasteiger partial charge in [0.15, 0.2) is 0 Å². The van der Waals surface area contributed by atoms with Gasteiger partial charge in [0.1, 0.15) is 34.3 Å². The van der Waals surface area contributed by atoms with E-state index < -0.39 is 0 Å². The van der Waals surface area contributed by atoms with Gasteiger partial charge in [0.25, 0.3) is 0 Å². The van der Waals surface area contributed by atoms with Crippen LogP contribution in [0.4, 0.5) is 5.13 Å². The van der Waals surface area contributed by atoms with E-state index in [1.54, 1.807) is 21.3 Å². The fourth-order valence-corrected chi connectivity index (χ4v) is 4.98. The SMILES string of the molecule is CCOc1ccc2oc(-c3ccc(OC)cc3)cc(=Nc3nc(-c4ccc(OC)cc4OC)c(C)s3)c2c1. The molecule has 0 amide bonds. The molecule has 0 atom stereocenters. The molecule has 0 unspecified atom stereocenters. The summed E-state index contributed by atoms with van der Waals surface area (Å²) in [5.41, 5.74) is 3.32. The van der Waals surface area contributed by atoms with E-state index in [1.807, 2.05) is 80.6 Å².